The molecule has 0 aliphatic rings. The zero-order valence-electron chi connectivity index (χ0n) is 21.6. The van der Waals surface area contributed by atoms with Crippen molar-refractivity contribution in [1.82, 2.24) is 9.99 Å². The van der Waals surface area contributed by atoms with E-state index in [0.717, 1.165) is 42.5 Å². The van der Waals surface area contributed by atoms with E-state index in [-0.39, 0.29) is 4.90 Å². The lowest BCUT2D eigenvalue weighted by Crippen LogP contribution is -2.39. The maximum Gasteiger partial charge on any atom is 0.264 e. The van der Waals surface area contributed by atoms with E-state index >= 15 is 0 Å². The summed E-state index contributed by atoms with van der Waals surface area (Å²) < 4.78 is 31.2. The van der Waals surface area contributed by atoms with E-state index in [9.17, 15) is 13.2 Å². The fourth-order valence-corrected chi connectivity index (χ4v) is 5.94. The van der Waals surface area contributed by atoms with E-state index in [1.165, 1.54) is 0 Å². The summed E-state index contributed by atoms with van der Waals surface area (Å²) in [5.74, 6) is -0.557. The molecule has 7 nitrogen and oxygen atoms in total. The van der Waals surface area contributed by atoms with Gasteiger partial charge in [-0.1, -0.05) is 57.4 Å². The number of anilines is 1. The Balaban J connectivity index is 1.55. The normalized spacial score (nSPS) is 11.6. The second-order valence-corrected chi connectivity index (χ2v) is 11.9. The molecule has 196 valence electrons. The number of hydrogen-bond donors (Lipinski definition) is 1. The van der Waals surface area contributed by atoms with Crippen LogP contribution >= 0.6 is 15.9 Å². The van der Waals surface area contributed by atoms with Gasteiger partial charge in [0.2, 0.25) is 0 Å². The van der Waals surface area contributed by atoms with Gasteiger partial charge in [0, 0.05) is 27.1 Å². The van der Waals surface area contributed by atoms with Crippen molar-refractivity contribution in [3.63, 3.8) is 0 Å². The minimum absolute atomic E-state index is 0.111. The molecule has 0 aliphatic heterocycles. The Hall–Kier alpha value is -3.69. The molecule has 0 bridgehead atoms. The topological polar surface area (TPSA) is 83.8 Å². The molecule has 1 heterocycles. The van der Waals surface area contributed by atoms with Crippen molar-refractivity contribution in [2.75, 3.05) is 10.8 Å². The second kappa shape index (κ2) is 11.4. The van der Waals surface area contributed by atoms with Crippen LogP contribution < -0.4 is 9.73 Å². The number of halogens is 1. The average molecular weight is 594 g/mol. The summed E-state index contributed by atoms with van der Waals surface area (Å²) in [6.45, 7) is 7.35. The van der Waals surface area contributed by atoms with Crippen molar-refractivity contribution >= 4 is 43.8 Å². The lowest BCUT2D eigenvalue weighted by molar-refractivity contribution is -0.119. The van der Waals surface area contributed by atoms with E-state index in [1.807, 2.05) is 70.2 Å². The average Bonchev–Trinajstić information content (AvgIpc) is 3.16. The van der Waals surface area contributed by atoms with Crippen LogP contribution in [0.4, 0.5) is 5.69 Å². The molecule has 4 rings (SSSR count). The molecule has 0 atom stereocenters. The maximum atomic E-state index is 13.5. The van der Waals surface area contributed by atoms with Gasteiger partial charge in [0.05, 0.1) is 16.8 Å². The van der Waals surface area contributed by atoms with Gasteiger partial charge in [-0.05, 0) is 76.2 Å². The van der Waals surface area contributed by atoms with Crippen LogP contribution in [-0.2, 0) is 14.8 Å². The van der Waals surface area contributed by atoms with Gasteiger partial charge in [-0.3, -0.25) is 9.10 Å². The molecule has 38 heavy (non-hydrogen) atoms. The van der Waals surface area contributed by atoms with E-state index in [2.05, 4.69) is 31.0 Å². The van der Waals surface area contributed by atoms with Crippen LogP contribution in [0.1, 0.15) is 28.1 Å². The van der Waals surface area contributed by atoms with Gasteiger partial charge in [0.25, 0.3) is 15.9 Å². The predicted octanol–water partition coefficient (Wildman–Crippen LogP) is 5.82. The number of carbonyl (C=O) groups is 1. The number of rotatable bonds is 8. The molecule has 0 spiro atoms. The third kappa shape index (κ3) is 6.06. The van der Waals surface area contributed by atoms with Crippen molar-refractivity contribution in [3.05, 3.63) is 111 Å². The number of benzene rings is 3. The van der Waals surface area contributed by atoms with E-state index in [0.29, 0.717) is 5.69 Å². The molecule has 0 radical (unpaired) electrons. The number of amides is 1. The minimum atomic E-state index is -3.99. The summed E-state index contributed by atoms with van der Waals surface area (Å²) in [6, 6.07) is 23.5. The molecule has 1 aromatic heterocycles. The van der Waals surface area contributed by atoms with Crippen LogP contribution in [0.15, 0.2) is 93.3 Å². The summed E-state index contributed by atoms with van der Waals surface area (Å²) in [6.07, 6.45) is 1.57. The summed E-state index contributed by atoms with van der Waals surface area (Å²) in [5.41, 5.74) is 8.63. The van der Waals surface area contributed by atoms with Crippen LogP contribution in [0.25, 0.3) is 5.69 Å². The molecule has 0 unspecified atom stereocenters. The minimum Gasteiger partial charge on any atom is -0.318 e. The number of hydrazone groups is 1. The third-order valence-corrected chi connectivity index (χ3v) is 8.43. The van der Waals surface area contributed by atoms with Gasteiger partial charge in [0.1, 0.15) is 6.54 Å². The van der Waals surface area contributed by atoms with E-state index in [1.54, 1.807) is 42.6 Å². The largest absolute Gasteiger partial charge is 0.318 e. The first-order valence-corrected chi connectivity index (χ1v) is 14.2. The number of nitrogens with zero attached hydrogens (tertiary/aromatic N) is 3. The number of aryl methyl sites for hydroxylation is 3. The highest BCUT2D eigenvalue weighted by molar-refractivity contribution is 9.10. The molecule has 1 amide bonds. The number of aromatic nitrogens is 1. The van der Waals surface area contributed by atoms with Gasteiger partial charge < -0.3 is 4.57 Å². The number of nitrogens with one attached hydrogen (secondary N) is 1. The Morgan fingerprint density at radius 1 is 0.947 bits per heavy atom. The zero-order chi connectivity index (χ0) is 27.4. The molecule has 9 heteroatoms. The van der Waals surface area contributed by atoms with Gasteiger partial charge in [-0.25, -0.2) is 13.8 Å². The third-order valence-electron chi connectivity index (χ3n) is 6.15. The fraction of sp³-hybridized carbons (Fsp3) is 0.172. The number of carbonyl (C=O) groups excluding carboxylic acids is 1. The molecule has 4 aromatic rings. The Morgan fingerprint density at radius 2 is 1.58 bits per heavy atom. The van der Waals surface area contributed by atoms with Crippen LogP contribution in [0, 0.1) is 27.7 Å². The van der Waals surface area contributed by atoms with E-state index in [4.69, 9.17) is 0 Å². The quantitative estimate of drug-likeness (QED) is 0.207. The van der Waals surface area contributed by atoms with Crippen molar-refractivity contribution in [2.45, 2.75) is 32.6 Å². The van der Waals surface area contributed by atoms with Gasteiger partial charge in [-0.2, -0.15) is 5.10 Å². The smallest absolute Gasteiger partial charge is 0.264 e. The molecule has 0 saturated carbocycles. The first-order valence-electron chi connectivity index (χ1n) is 12.0. The van der Waals surface area contributed by atoms with Crippen LogP contribution in [-0.4, -0.2) is 31.7 Å². The van der Waals surface area contributed by atoms with Gasteiger partial charge >= 0.3 is 0 Å². The summed E-state index contributed by atoms with van der Waals surface area (Å²) in [4.78, 5) is 13.0. The maximum absolute atomic E-state index is 13.5. The van der Waals surface area contributed by atoms with Crippen LogP contribution in [0.5, 0.6) is 0 Å². The Labute approximate surface area is 232 Å². The lowest BCUT2D eigenvalue weighted by atomic mass is 10.2. The highest BCUT2D eigenvalue weighted by Crippen LogP contribution is 2.25. The molecule has 1 N–H and O–H groups in total. The Morgan fingerprint density at radius 3 is 2.21 bits per heavy atom. The highest BCUT2D eigenvalue weighted by Gasteiger charge is 2.27. The predicted molar refractivity (Wildman–Crippen MR) is 156 cm³/mol. The van der Waals surface area contributed by atoms with Gasteiger partial charge in [0.15, 0.2) is 0 Å². The molecule has 0 saturated heterocycles. The number of sulfonamides is 1. The van der Waals surface area contributed by atoms with Crippen molar-refractivity contribution in [3.8, 4) is 5.69 Å². The van der Waals surface area contributed by atoms with Crippen LogP contribution in [0.2, 0.25) is 0 Å². The molecular weight excluding hydrogens is 564 g/mol. The first kappa shape index (κ1) is 27.3. The molecular formula is C29H29BrN4O3S. The standard InChI is InChI=1S/C29H29BrN4O3S/c1-20-8-12-26(13-9-20)33(38(36,37)28-14-10-21(2)11-15-28)19-29(35)32-31-18-24-16-22(3)34(23(24)4)27-7-5-6-25(30)17-27/h5-18H,19H2,1-4H3,(H,32,35)/b31-18+. The van der Waals surface area contributed by atoms with Crippen LogP contribution in [0.3, 0.4) is 0 Å². The summed E-state index contributed by atoms with van der Waals surface area (Å²) in [7, 11) is -3.99. The monoisotopic (exact) mass is 592 g/mol. The summed E-state index contributed by atoms with van der Waals surface area (Å²) in [5, 5.41) is 4.13. The first-order chi connectivity index (χ1) is 18.1. The Bertz CT molecular complexity index is 1590. The zero-order valence-corrected chi connectivity index (χ0v) is 24.0. The van der Waals surface area contributed by atoms with Crippen molar-refractivity contribution in [2.24, 2.45) is 5.10 Å². The molecule has 3 aromatic carbocycles. The van der Waals surface area contributed by atoms with E-state index < -0.39 is 22.5 Å². The Kier molecular flexibility index (Phi) is 8.18. The lowest BCUT2D eigenvalue weighted by Gasteiger charge is -2.24. The summed E-state index contributed by atoms with van der Waals surface area (Å²) >= 11 is 3.51. The number of hydrogen-bond acceptors (Lipinski definition) is 4. The fourth-order valence-electron chi connectivity index (χ4n) is 4.13. The SMILES string of the molecule is Cc1ccc(N(CC(=O)N/N=C/c2cc(C)n(-c3cccc(Br)c3)c2C)S(=O)(=O)c2ccc(C)cc2)cc1. The van der Waals surface area contributed by atoms with Crippen molar-refractivity contribution < 1.29 is 13.2 Å². The molecule has 0 fully saturated rings. The van der Waals surface area contributed by atoms with Gasteiger partial charge in [-0.15, -0.1) is 0 Å². The highest BCUT2D eigenvalue weighted by atomic mass is 79.9. The second-order valence-electron chi connectivity index (χ2n) is 9.10. The molecule has 0 aliphatic carbocycles. The van der Waals surface area contributed by atoms with Crippen molar-refractivity contribution in [1.29, 1.82) is 0 Å².